The molecule has 3 atom stereocenters. The van der Waals surface area contributed by atoms with Gasteiger partial charge >= 0.3 is 0 Å². The van der Waals surface area contributed by atoms with E-state index in [0.717, 1.165) is 50.5 Å². The van der Waals surface area contributed by atoms with Crippen molar-refractivity contribution in [3.8, 4) is 5.75 Å². The first-order valence-corrected chi connectivity index (χ1v) is 14.3. The summed E-state index contributed by atoms with van der Waals surface area (Å²) in [6.45, 7) is 6.04. The molecule has 4 heterocycles. The number of hydrogen-bond acceptors (Lipinski definition) is 8. The minimum absolute atomic E-state index is 0. The fraction of sp³-hybridized carbons (Fsp3) is 0.500. The second-order valence-electron chi connectivity index (χ2n) is 10.7. The van der Waals surface area contributed by atoms with Crippen molar-refractivity contribution < 1.29 is 32.5 Å². The predicted molar refractivity (Wildman–Crippen MR) is 157 cm³/mol. The third kappa shape index (κ3) is 6.94. The average molecular weight is 603 g/mol. The summed E-state index contributed by atoms with van der Waals surface area (Å²) < 4.78 is 51.3. The highest BCUT2D eigenvalue weighted by Crippen LogP contribution is 2.31. The number of nitrogens with zero attached hydrogens (tertiary/aromatic N) is 4. The van der Waals surface area contributed by atoms with E-state index in [1.165, 1.54) is 0 Å². The summed E-state index contributed by atoms with van der Waals surface area (Å²) in [6.07, 6.45) is 4.71. The first kappa shape index (κ1) is 30.4. The molecular weight excluding hydrogens is 566 g/mol. The van der Waals surface area contributed by atoms with Crippen LogP contribution in [0.5, 0.6) is 5.75 Å². The van der Waals surface area contributed by atoms with Crippen LogP contribution in [0.4, 0.5) is 14.6 Å². The lowest BCUT2D eigenvalue weighted by molar-refractivity contribution is -0.180. The molecule has 0 spiro atoms. The number of carbonyl (C=O) groups excluding carboxylic acids is 1. The molecule has 3 fully saturated rings. The molecular formula is C30H36F2N4O5S. The van der Waals surface area contributed by atoms with Gasteiger partial charge in [0.05, 0.1) is 36.5 Å². The molecule has 1 aromatic heterocycles. The smallest absolute Gasteiger partial charge is 0.253 e. The number of hydrogen-bond donors (Lipinski definition) is 0. The molecule has 226 valence electrons. The Morgan fingerprint density at radius 1 is 1.05 bits per heavy atom. The first-order valence-electron chi connectivity index (χ1n) is 14.3. The number of halogens is 2. The van der Waals surface area contributed by atoms with Crippen LogP contribution < -0.4 is 9.64 Å². The van der Waals surface area contributed by atoms with Crippen molar-refractivity contribution in [1.29, 1.82) is 0 Å². The van der Waals surface area contributed by atoms with E-state index in [0.29, 0.717) is 67.4 Å². The van der Waals surface area contributed by atoms with Crippen molar-refractivity contribution in [1.82, 2.24) is 14.9 Å². The number of benzene rings is 2. The minimum Gasteiger partial charge on any atom is -0.486 e. The molecule has 3 aliphatic heterocycles. The molecule has 3 aromatic rings. The quantitative estimate of drug-likeness (QED) is 0.365. The number of ether oxygens (including phenoxy) is 4. The number of carbonyl (C=O) groups is 1. The summed E-state index contributed by atoms with van der Waals surface area (Å²) in [5.41, 5.74) is 2.18. The molecule has 2 unspecified atom stereocenters. The zero-order chi connectivity index (χ0) is 28.3. The number of rotatable bonds is 8. The second-order valence-corrected chi connectivity index (χ2v) is 10.7. The Hall–Kier alpha value is -3.06. The van der Waals surface area contributed by atoms with E-state index in [9.17, 15) is 13.6 Å². The van der Waals surface area contributed by atoms with Crippen LogP contribution in [0.2, 0.25) is 0 Å². The van der Waals surface area contributed by atoms with Crippen LogP contribution in [0.1, 0.15) is 54.6 Å². The summed E-state index contributed by atoms with van der Waals surface area (Å²) >= 11 is 0. The molecule has 42 heavy (non-hydrogen) atoms. The highest BCUT2D eigenvalue weighted by atomic mass is 32.1. The van der Waals surface area contributed by atoms with Crippen molar-refractivity contribution in [2.45, 2.75) is 51.1 Å². The monoisotopic (exact) mass is 602 g/mol. The van der Waals surface area contributed by atoms with Crippen molar-refractivity contribution in [2.75, 3.05) is 50.9 Å². The van der Waals surface area contributed by atoms with Gasteiger partial charge in [0, 0.05) is 62.1 Å². The van der Waals surface area contributed by atoms with Gasteiger partial charge in [-0.25, -0.2) is 13.8 Å². The molecule has 0 aliphatic carbocycles. The second kappa shape index (κ2) is 13.5. The van der Waals surface area contributed by atoms with Gasteiger partial charge in [0.15, 0.2) is 6.29 Å². The lowest BCUT2D eigenvalue weighted by Gasteiger charge is -2.34. The number of amides is 1. The lowest BCUT2D eigenvalue weighted by Crippen LogP contribution is -2.45. The van der Waals surface area contributed by atoms with E-state index >= 15 is 0 Å². The van der Waals surface area contributed by atoms with Crippen molar-refractivity contribution in [3.63, 3.8) is 0 Å². The molecule has 0 bridgehead atoms. The fourth-order valence-electron chi connectivity index (χ4n) is 5.37. The molecule has 12 heteroatoms. The Balaban J connectivity index is 0.00000353. The zero-order valence-corrected chi connectivity index (χ0v) is 24.6. The highest BCUT2D eigenvalue weighted by Gasteiger charge is 2.27. The van der Waals surface area contributed by atoms with Crippen molar-refractivity contribution in [3.05, 3.63) is 59.3 Å². The van der Waals surface area contributed by atoms with Crippen molar-refractivity contribution >= 4 is 36.3 Å². The Labute approximate surface area is 250 Å². The molecule has 3 saturated heterocycles. The van der Waals surface area contributed by atoms with Gasteiger partial charge < -0.3 is 28.7 Å². The lowest BCUT2D eigenvalue weighted by atomic mass is 10.0. The summed E-state index contributed by atoms with van der Waals surface area (Å²) in [6, 6.07) is 6.54. The summed E-state index contributed by atoms with van der Waals surface area (Å²) in [7, 11) is 0. The van der Waals surface area contributed by atoms with Gasteiger partial charge in [0.25, 0.3) is 5.91 Å². The van der Waals surface area contributed by atoms with E-state index in [-0.39, 0.29) is 37.5 Å². The first-order chi connectivity index (χ1) is 19.9. The summed E-state index contributed by atoms with van der Waals surface area (Å²) in [4.78, 5) is 26.6. The van der Waals surface area contributed by atoms with E-state index < -0.39 is 17.7 Å². The topological polar surface area (TPSA) is 86.3 Å². The van der Waals surface area contributed by atoms with Crippen LogP contribution in [0.25, 0.3) is 11.0 Å². The van der Waals surface area contributed by atoms with Gasteiger partial charge in [-0.15, -0.1) is 0 Å². The zero-order valence-electron chi connectivity index (χ0n) is 23.6. The third-order valence-corrected chi connectivity index (χ3v) is 7.71. The Morgan fingerprint density at radius 2 is 1.86 bits per heavy atom. The molecule has 0 saturated carbocycles. The van der Waals surface area contributed by atoms with E-state index in [4.69, 9.17) is 23.9 Å². The van der Waals surface area contributed by atoms with E-state index in [1.807, 2.05) is 0 Å². The van der Waals surface area contributed by atoms with E-state index in [1.54, 1.807) is 30.2 Å². The number of morpholine rings is 1. The van der Waals surface area contributed by atoms with Gasteiger partial charge in [0.1, 0.15) is 29.3 Å². The van der Waals surface area contributed by atoms with Crippen LogP contribution in [-0.4, -0.2) is 79.2 Å². The van der Waals surface area contributed by atoms with Gasteiger partial charge in [-0.1, -0.05) is 0 Å². The SMILES string of the molecule is CC(Oc1cc(F)cc(F)c1)c1cc(C(=O)N2CCC2)cc2ncc(N3CCO[C@H](COC4CCCCO4)C3)nc12.S. The summed E-state index contributed by atoms with van der Waals surface area (Å²) in [5.74, 6) is -0.854. The molecule has 6 rings (SSSR count). The van der Waals surface area contributed by atoms with Gasteiger partial charge in [-0.2, -0.15) is 13.5 Å². The van der Waals surface area contributed by atoms with E-state index in [2.05, 4.69) is 9.88 Å². The number of fused-ring (bicyclic) bond motifs is 1. The summed E-state index contributed by atoms with van der Waals surface area (Å²) in [5, 5.41) is 0. The van der Waals surface area contributed by atoms with Gasteiger partial charge in [-0.05, 0) is 44.7 Å². The molecule has 9 nitrogen and oxygen atoms in total. The Kier molecular flexibility index (Phi) is 9.77. The average Bonchev–Trinajstić information content (AvgIpc) is 2.94. The Bertz CT molecular complexity index is 1390. The fourth-order valence-corrected chi connectivity index (χ4v) is 5.37. The number of likely N-dealkylation sites (tertiary alicyclic amines) is 1. The van der Waals surface area contributed by atoms with Crippen LogP contribution in [0.3, 0.4) is 0 Å². The standard InChI is InChI=1S/C30H34F2N4O5.H2S/c1-19(41-23-14-21(31)13-22(32)15-23)25-11-20(30(37)35-6-4-7-35)12-26-29(25)34-27(16-33-26)36-8-10-38-24(17-36)18-40-28-5-2-3-9-39-28;/h11-16,19,24,28H,2-10,17-18H2,1H3;1H2/t19?,24-,28?;/m0./s1. The van der Waals surface area contributed by atoms with Gasteiger partial charge in [-0.3, -0.25) is 9.78 Å². The Morgan fingerprint density at radius 3 is 2.57 bits per heavy atom. The molecule has 0 N–H and O–H groups in total. The van der Waals surface area contributed by atoms with Crippen LogP contribution in [-0.2, 0) is 14.2 Å². The molecule has 2 aromatic carbocycles. The third-order valence-electron chi connectivity index (χ3n) is 7.71. The van der Waals surface area contributed by atoms with Crippen LogP contribution in [0, 0.1) is 11.6 Å². The number of anilines is 1. The molecule has 3 aliphatic rings. The minimum atomic E-state index is -0.734. The largest absolute Gasteiger partial charge is 0.486 e. The maximum atomic E-state index is 13.9. The number of aromatic nitrogens is 2. The maximum absolute atomic E-state index is 13.9. The maximum Gasteiger partial charge on any atom is 0.253 e. The molecule has 0 radical (unpaired) electrons. The van der Waals surface area contributed by atoms with Crippen LogP contribution in [0.15, 0.2) is 36.5 Å². The van der Waals surface area contributed by atoms with Gasteiger partial charge in [0.2, 0.25) is 0 Å². The highest BCUT2D eigenvalue weighted by molar-refractivity contribution is 7.59. The van der Waals surface area contributed by atoms with Crippen LogP contribution >= 0.6 is 13.5 Å². The normalized spacial score (nSPS) is 21.4. The molecule has 1 amide bonds. The van der Waals surface area contributed by atoms with Crippen molar-refractivity contribution in [2.24, 2.45) is 0 Å². The predicted octanol–water partition coefficient (Wildman–Crippen LogP) is 4.76.